The number of hydrogen-bond donors (Lipinski definition) is 3. The van der Waals surface area contributed by atoms with Crippen LogP contribution in [0.3, 0.4) is 0 Å². The number of benzene rings is 2. The van der Waals surface area contributed by atoms with Crippen molar-refractivity contribution in [1.82, 2.24) is 10.6 Å². The molecule has 2 amide bonds. The molecule has 0 bridgehead atoms. The van der Waals surface area contributed by atoms with Crippen molar-refractivity contribution < 1.29 is 29.0 Å². The first-order chi connectivity index (χ1) is 15.9. The summed E-state index contributed by atoms with van der Waals surface area (Å²) in [6, 6.07) is 15.1. The van der Waals surface area contributed by atoms with Gasteiger partial charge >= 0.3 is 12.1 Å². The number of aliphatic carboxylic acids is 1. The van der Waals surface area contributed by atoms with Gasteiger partial charge in [0.05, 0.1) is 12.0 Å². The number of alkyl carbamates (subject to hydrolysis) is 1. The van der Waals surface area contributed by atoms with Crippen LogP contribution in [0.5, 0.6) is 0 Å². The van der Waals surface area contributed by atoms with Gasteiger partial charge in [-0.05, 0) is 35.1 Å². The van der Waals surface area contributed by atoms with Gasteiger partial charge in [-0.1, -0.05) is 55.0 Å². The second kappa shape index (κ2) is 9.62. The maximum Gasteiger partial charge on any atom is 0.407 e. The SMILES string of the molecule is COCC(NC(=O)OCC1c2ccccc2-c2ccccc21)C(=O)NCC1(C(=O)O)CCC1. The van der Waals surface area contributed by atoms with Crippen LogP contribution in [0.4, 0.5) is 4.79 Å². The molecule has 0 saturated heterocycles. The topological polar surface area (TPSA) is 114 Å². The summed E-state index contributed by atoms with van der Waals surface area (Å²) in [5, 5.41) is 14.6. The molecule has 174 valence electrons. The number of carbonyl (C=O) groups is 3. The molecule has 0 aromatic heterocycles. The first kappa shape index (κ1) is 22.8. The molecule has 33 heavy (non-hydrogen) atoms. The van der Waals surface area contributed by atoms with Gasteiger partial charge in [-0.3, -0.25) is 9.59 Å². The molecule has 2 aliphatic carbocycles. The Labute approximate surface area is 192 Å². The lowest BCUT2D eigenvalue weighted by atomic mass is 9.69. The fraction of sp³-hybridized carbons (Fsp3) is 0.400. The Balaban J connectivity index is 1.36. The Hall–Kier alpha value is -3.39. The molecule has 0 radical (unpaired) electrons. The van der Waals surface area contributed by atoms with Crippen molar-refractivity contribution in [3.8, 4) is 11.1 Å². The molecule has 0 spiro atoms. The van der Waals surface area contributed by atoms with Gasteiger partial charge in [0.1, 0.15) is 12.6 Å². The summed E-state index contributed by atoms with van der Waals surface area (Å²) in [5.74, 6) is -1.51. The minimum atomic E-state index is -0.989. The number of carboxylic acid groups (broad SMARTS) is 1. The van der Waals surface area contributed by atoms with Gasteiger partial charge in [-0.25, -0.2) is 4.79 Å². The van der Waals surface area contributed by atoms with E-state index < -0.39 is 29.4 Å². The normalized spacial score (nSPS) is 16.6. The second-order valence-electron chi connectivity index (χ2n) is 8.63. The summed E-state index contributed by atoms with van der Waals surface area (Å²) in [6.07, 6.45) is 1.14. The lowest BCUT2D eigenvalue weighted by Crippen LogP contribution is -2.54. The van der Waals surface area contributed by atoms with E-state index in [1.54, 1.807) is 0 Å². The second-order valence-corrected chi connectivity index (χ2v) is 8.63. The van der Waals surface area contributed by atoms with Crippen LogP contribution in [0.15, 0.2) is 48.5 Å². The predicted molar refractivity (Wildman–Crippen MR) is 121 cm³/mol. The van der Waals surface area contributed by atoms with E-state index in [-0.39, 0.29) is 25.7 Å². The maximum absolute atomic E-state index is 12.6. The monoisotopic (exact) mass is 452 g/mol. The van der Waals surface area contributed by atoms with Crippen LogP contribution in [0.2, 0.25) is 0 Å². The molecule has 1 fully saturated rings. The lowest BCUT2D eigenvalue weighted by Gasteiger charge is -2.37. The molecule has 2 aromatic rings. The van der Waals surface area contributed by atoms with Crippen molar-refractivity contribution in [1.29, 1.82) is 0 Å². The minimum absolute atomic E-state index is 0.0216. The molecule has 3 N–H and O–H groups in total. The first-order valence-electron chi connectivity index (χ1n) is 11.1. The number of rotatable bonds is 9. The van der Waals surface area contributed by atoms with E-state index in [9.17, 15) is 19.5 Å². The summed E-state index contributed by atoms with van der Waals surface area (Å²) in [7, 11) is 1.42. The van der Waals surface area contributed by atoms with Gasteiger partial charge in [0, 0.05) is 19.6 Å². The number of ether oxygens (including phenoxy) is 2. The van der Waals surface area contributed by atoms with E-state index in [1.165, 1.54) is 7.11 Å². The molecular formula is C25H28N2O6. The molecule has 1 saturated carbocycles. The van der Waals surface area contributed by atoms with E-state index in [0.717, 1.165) is 28.7 Å². The average molecular weight is 453 g/mol. The van der Waals surface area contributed by atoms with Crippen molar-refractivity contribution in [2.24, 2.45) is 5.41 Å². The molecule has 8 heteroatoms. The fourth-order valence-corrected chi connectivity index (χ4v) is 4.58. The summed E-state index contributed by atoms with van der Waals surface area (Å²) in [4.78, 5) is 36.6. The Morgan fingerprint density at radius 3 is 2.18 bits per heavy atom. The van der Waals surface area contributed by atoms with Crippen molar-refractivity contribution in [2.75, 3.05) is 26.9 Å². The molecule has 8 nitrogen and oxygen atoms in total. The van der Waals surface area contributed by atoms with Gasteiger partial charge in [0.25, 0.3) is 0 Å². The quantitative estimate of drug-likeness (QED) is 0.539. The third kappa shape index (κ3) is 4.57. The summed E-state index contributed by atoms with van der Waals surface area (Å²) in [6.45, 7) is 0.0904. The zero-order valence-corrected chi connectivity index (χ0v) is 18.5. The Kier molecular flexibility index (Phi) is 6.65. The maximum atomic E-state index is 12.6. The van der Waals surface area contributed by atoms with Crippen LogP contribution in [0.1, 0.15) is 36.3 Å². The predicted octanol–water partition coefficient (Wildman–Crippen LogP) is 2.91. The minimum Gasteiger partial charge on any atom is -0.481 e. The molecule has 0 aliphatic heterocycles. The van der Waals surface area contributed by atoms with E-state index in [1.807, 2.05) is 36.4 Å². The molecule has 2 aromatic carbocycles. The van der Waals surface area contributed by atoms with E-state index in [0.29, 0.717) is 12.8 Å². The number of amides is 2. The molecule has 4 rings (SSSR count). The number of nitrogens with one attached hydrogen (secondary N) is 2. The summed E-state index contributed by atoms with van der Waals surface area (Å²) in [5.41, 5.74) is 3.52. The highest BCUT2D eigenvalue weighted by Crippen LogP contribution is 2.44. The molecule has 2 aliphatic rings. The first-order valence-corrected chi connectivity index (χ1v) is 11.1. The summed E-state index contributed by atoms with van der Waals surface area (Å²) < 4.78 is 10.6. The molecular weight excluding hydrogens is 424 g/mol. The number of carbonyl (C=O) groups excluding carboxylic acids is 2. The Morgan fingerprint density at radius 2 is 1.67 bits per heavy atom. The van der Waals surface area contributed by atoms with E-state index in [2.05, 4.69) is 22.8 Å². The van der Waals surface area contributed by atoms with Crippen LogP contribution in [0, 0.1) is 5.41 Å². The van der Waals surface area contributed by atoms with Crippen molar-refractivity contribution >= 4 is 18.0 Å². The highest BCUT2D eigenvalue weighted by molar-refractivity contribution is 5.86. The third-order valence-electron chi connectivity index (χ3n) is 6.65. The number of hydrogen-bond acceptors (Lipinski definition) is 5. The number of carboxylic acids is 1. The standard InChI is InChI=1S/C25H28N2O6/c1-32-14-21(22(28)26-15-25(23(29)30)11-6-12-25)27-24(31)33-13-20-18-9-4-2-7-16(18)17-8-3-5-10-19(17)20/h2-5,7-10,20-21H,6,11-15H2,1H3,(H,26,28)(H,27,31)(H,29,30). The van der Waals surface area contributed by atoms with Gasteiger partial charge in [-0.2, -0.15) is 0 Å². The number of fused-ring (bicyclic) bond motifs is 3. The van der Waals surface area contributed by atoms with Crippen molar-refractivity contribution in [3.05, 3.63) is 59.7 Å². The number of methoxy groups -OCH3 is 1. The lowest BCUT2D eigenvalue weighted by molar-refractivity contribution is -0.154. The Morgan fingerprint density at radius 1 is 1.06 bits per heavy atom. The van der Waals surface area contributed by atoms with Crippen molar-refractivity contribution in [2.45, 2.75) is 31.2 Å². The molecule has 1 atom stereocenters. The van der Waals surface area contributed by atoms with Gasteiger partial charge < -0.3 is 25.2 Å². The zero-order chi connectivity index (χ0) is 23.4. The highest BCUT2D eigenvalue weighted by atomic mass is 16.5. The zero-order valence-electron chi connectivity index (χ0n) is 18.5. The highest BCUT2D eigenvalue weighted by Gasteiger charge is 2.44. The average Bonchev–Trinajstić information content (AvgIpc) is 3.10. The third-order valence-corrected chi connectivity index (χ3v) is 6.65. The fourth-order valence-electron chi connectivity index (χ4n) is 4.58. The van der Waals surface area contributed by atoms with Crippen LogP contribution >= 0.6 is 0 Å². The van der Waals surface area contributed by atoms with Crippen molar-refractivity contribution in [3.63, 3.8) is 0 Å². The smallest absolute Gasteiger partial charge is 0.407 e. The van der Waals surface area contributed by atoms with Crippen LogP contribution in [-0.2, 0) is 19.1 Å². The van der Waals surface area contributed by atoms with Crippen LogP contribution < -0.4 is 10.6 Å². The van der Waals surface area contributed by atoms with Crippen LogP contribution in [-0.4, -0.2) is 56.0 Å². The Bertz CT molecular complexity index is 1000. The van der Waals surface area contributed by atoms with Gasteiger partial charge in [0.2, 0.25) is 5.91 Å². The molecule has 0 heterocycles. The van der Waals surface area contributed by atoms with Gasteiger partial charge in [0.15, 0.2) is 0 Å². The van der Waals surface area contributed by atoms with Gasteiger partial charge in [-0.15, -0.1) is 0 Å². The largest absolute Gasteiger partial charge is 0.481 e. The van der Waals surface area contributed by atoms with Crippen LogP contribution in [0.25, 0.3) is 11.1 Å². The summed E-state index contributed by atoms with van der Waals surface area (Å²) >= 11 is 0. The van der Waals surface area contributed by atoms with E-state index >= 15 is 0 Å². The molecule has 1 unspecified atom stereocenters. The van der Waals surface area contributed by atoms with E-state index in [4.69, 9.17) is 9.47 Å².